The number of carbonyl (C=O) groups excluding carboxylic acids is 1. The fourth-order valence-electron chi connectivity index (χ4n) is 2.79. The molecule has 3 aromatic rings. The van der Waals surface area contributed by atoms with Gasteiger partial charge in [0.25, 0.3) is 0 Å². The van der Waals surface area contributed by atoms with Gasteiger partial charge < -0.3 is 10.6 Å². The van der Waals surface area contributed by atoms with Crippen molar-refractivity contribution < 1.29 is 4.79 Å². The number of rotatable bonds is 5. The summed E-state index contributed by atoms with van der Waals surface area (Å²) in [6, 6.07) is 11.5. The summed E-state index contributed by atoms with van der Waals surface area (Å²) in [6.07, 6.45) is 5.17. The van der Waals surface area contributed by atoms with E-state index < -0.39 is 0 Å². The van der Waals surface area contributed by atoms with Crippen LogP contribution in [0.15, 0.2) is 55.0 Å². The van der Waals surface area contributed by atoms with Gasteiger partial charge in [0.05, 0.1) is 24.1 Å². The smallest absolute Gasteiger partial charge is 0.307 e. The van der Waals surface area contributed by atoms with Crippen LogP contribution in [0.4, 0.5) is 16.2 Å². The number of nitrogens with one attached hydrogen (secondary N) is 2. The quantitative estimate of drug-likeness (QED) is 0.717. The molecule has 0 spiro atoms. The number of aryl methyl sites for hydroxylation is 1. The maximum absolute atomic E-state index is 12.4. The maximum atomic E-state index is 12.4. The zero-order chi connectivity index (χ0) is 18.5. The molecular formula is C20H23N5O. The van der Waals surface area contributed by atoms with Crippen LogP contribution in [-0.2, 0) is 6.54 Å². The van der Waals surface area contributed by atoms with Crippen molar-refractivity contribution in [1.29, 1.82) is 0 Å². The Hall–Kier alpha value is -3.15. The molecule has 0 aliphatic carbocycles. The number of para-hydroxylation sites is 1. The SMILES string of the molecule is Cc1cccc(C(C)C)c1NC(=O)Nc1cnn(Cc2ccccn2)c1. The molecule has 0 unspecified atom stereocenters. The number of urea groups is 1. The molecule has 0 saturated heterocycles. The predicted octanol–water partition coefficient (Wildman–Crippen LogP) is 4.40. The Kier molecular flexibility index (Phi) is 5.31. The summed E-state index contributed by atoms with van der Waals surface area (Å²) in [4.78, 5) is 16.7. The molecule has 1 aromatic carbocycles. The highest BCUT2D eigenvalue weighted by Crippen LogP contribution is 2.27. The zero-order valence-corrected chi connectivity index (χ0v) is 15.2. The summed E-state index contributed by atoms with van der Waals surface area (Å²) >= 11 is 0. The summed E-state index contributed by atoms with van der Waals surface area (Å²) in [7, 11) is 0. The van der Waals surface area contributed by atoms with Crippen LogP contribution in [0.2, 0.25) is 0 Å². The van der Waals surface area contributed by atoms with E-state index in [1.165, 1.54) is 0 Å². The van der Waals surface area contributed by atoms with Crippen LogP contribution in [0, 0.1) is 6.92 Å². The molecule has 0 aliphatic rings. The van der Waals surface area contributed by atoms with Gasteiger partial charge in [0, 0.05) is 18.1 Å². The van der Waals surface area contributed by atoms with Crippen LogP contribution in [0.25, 0.3) is 0 Å². The number of carbonyl (C=O) groups is 1. The molecule has 0 fully saturated rings. The third-order valence-electron chi connectivity index (χ3n) is 4.11. The van der Waals surface area contributed by atoms with Gasteiger partial charge in [-0.15, -0.1) is 0 Å². The molecule has 2 N–H and O–H groups in total. The van der Waals surface area contributed by atoms with Crippen molar-refractivity contribution in [3.63, 3.8) is 0 Å². The predicted molar refractivity (Wildman–Crippen MR) is 103 cm³/mol. The number of nitrogens with zero attached hydrogens (tertiary/aromatic N) is 3. The first-order chi connectivity index (χ1) is 12.5. The number of pyridine rings is 1. The van der Waals surface area contributed by atoms with Crippen molar-refractivity contribution in [2.24, 2.45) is 0 Å². The lowest BCUT2D eigenvalue weighted by molar-refractivity contribution is 0.262. The van der Waals surface area contributed by atoms with E-state index in [1.807, 2.05) is 43.3 Å². The van der Waals surface area contributed by atoms with E-state index in [1.54, 1.807) is 23.3 Å². The molecule has 0 bridgehead atoms. The van der Waals surface area contributed by atoms with Gasteiger partial charge in [-0.1, -0.05) is 38.1 Å². The van der Waals surface area contributed by atoms with Crippen LogP contribution < -0.4 is 10.6 Å². The first kappa shape index (κ1) is 17.7. The first-order valence-corrected chi connectivity index (χ1v) is 8.63. The second-order valence-corrected chi connectivity index (χ2v) is 6.52. The van der Waals surface area contributed by atoms with E-state index in [0.717, 1.165) is 22.5 Å². The Labute approximate surface area is 153 Å². The fourth-order valence-corrected chi connectivity index (χ4v) is 2.79. The van der Waals surface area contributed by atoms with Crippen molar-refractivity contribution in [1.82, 2.24) is 14.8 Å². The molecule has 2 aromatic heterocycles. The van der Waals surface area contributed by atoms with Crippen LogP contribution in [-0.4, -0.2) is 20.8 Å². The molecule has 6 nitrogen and oxygen atoms in total. The highest BCUT2D eigenvalue weighted by atomic mass is 16.2. The minimum atomic E-state index is -0.279. The third-order valence-corrected chi connectivity index (χ3v) is 4.11. The standard InChI is InChI=1S/C20H23N5O/c1-14(2)18-9-6-7-15(3)19(18)24-20(26)23-17-11-22-25(13-17)12-16-8-4-5-10-21-16/h4-11,13-14H,12H2,1-3H3,(H2,23,24,26). The molecule has 2 heterocycles. The summed E-state index contributed by atoms with van der Waals surface area (Å²) < 4.78 is 1.74. The number of benzene rings is 1. The lowest BCUT2D eigenvalue weighted by atomic mass is 9.98. The van der Waals surface area contributed by atoms with Gasteiger partial charge in [-0.3, -0.25) is 9.67 Å². The molecule has 0 atom stereocenters. The van der Waals surface area contributed by atoms with Gasteiger partial charge in [0.1, 0.15) is 0 Å². The largest absolute Gasteiger partial charge is 0.323 e. The van der Waals surface area contributed by atoms with Gasteiger partial charge in [0.2, 0.25) is 0 Å². The molecule has 0 aliphatic heterocycles. The van der Waals surface area contributed by atoms with Crippen molar-refractivity contribution >= 4 is 17.4 Å². The lowest BCUT2D eigenvalue weighted by Crippen LogP contribution is -2.21. The van der Waals surface area contributed by atoms with Gasteiger partial charge in [0.15, 0.2) is 0 Å². The molecule has 134 valence electrons. The number of hydrogen-bond donors (Lipinski definition) is 2. The normalized spacial score (nSPS) is 10.8. The number of amides is 2. The van der Waals surface area contributed by atoms with E-state index in [4.69, 9.17) is 0 Å². The van der Waals surface area contributed by atoms with Crippen LogP contribution in [0.3, 0.4) is 0 Å². The molecule has 0 saturated carbocycles. The van der Waals surface area contributed by atoms with Gasteiger partial charge in [-0.2, -0.15) is 5.10 Å². The van der Waals surface area contributed by atoms with Gasteiger partial charge >= 0.3 is 6.03 Å². The molecule has 26 heavy (non-hydrogen) atoms. The highest BCUT2D eigenvalue weighted by Gasteiger charge is 2.12. The summed E-state index contributed by atoms with van der Waals surface area (Å²) in [5, 5.41) is 10.1. The van der Waals surface area contributed by atoms with E-state index in [0.29, 0.717) is 18.2 Å². The van der Waals surface area contributed by atoms with E-state index in [-0.39, 0.29) is 6.03 Å². The second-order valence-electron chi connectivity index (χ2n) is 6.52. The topological polar surface area (TPSA) is 71.8 Å². The van der Waals surface area contributed by atoms with Crippen molar-refractivity contribution in [3.05, 3.63) is 71.8 Å². The van der Waals surface area contributed by atoms with Crippen molar-refractivity contribution in [2.75, 3.05) is 10.6 Å². The van der Waals surface area contributed by atoms with Crippen molar-refractivity contribution in [3.8, 4) is 0 Å². The van der Waals surface area contributed by atoms with E-state index in [2.05, 4.69) is 34.6 Å². The summed E-state index contributed by atoms with van der Waals surface area (Å²) in [5.41, 5.74) is 4.57. The molecule has 2 amide bonds. The molecular weight excluding hydrogens is 326 g/mol. The first-order valence-electron chi connectivity index (χ1n) is 8.63. The van der Waals surface area contributed by atoms with E-state index in [9.17, 15) is 4.79 Å². The van der Waals surface area contributed by atoms with Gasteiger partial charge in [-0.05, 0) is 36.1 Å². The zero-order valence-electron chi connectivity index (χ0n) is 15.2. The lowest BCUT2D eigenvalue weighted by Gasteiger charge is -2.16. The Bertz CT molecular complexity index is 886. The minimum absolute atomic E-state index is 0.279. The number of anilines is 2. The van der Waals surface area contributed by atoms with Gasteiger partial charge in [-0.25, -0.2) is 4.79 Å². The molecule has 0 radical (unpaired) electrons. The second kappa shape index (κ2) is 7.82. The number of aromatic nitrogens is 3. The summed E-state index contributed by atoms with van der Waals surface area (Å²) in [5.74, 6) is 0.325. The van der Waals surface area contributed by atoms with Crippen LogP contribution in [0.5, 0.6) is 0 Å². The number of hydrogen-bond acceptors (Lipinski definition) is 3. The molecule has 6 heteroatoms. The maximum Gasteiger partial charge on any atom is 0.323 e. The van der Waals surface area contributed by atoms with E-state index >= 15 is 0 Å². The summed E-state index contributed by atoms with van der Waals surface area (Å²) in [6.45, 7) is 6.77. The average Bonchev–Trinajstić information content (AvgIpc) is 3.04. The van der Waals surface area contributed by atoms with Crippen molar-refractivity contribution in [2.45, 2.75) is 33.2 Å². The monoisotopic (exact) mass is 349 g/mol. The average molecular weight is 349 g/mol. The Morgan fingerprint density at radius 2 is 2.00 bits per heavy atom. The van der Waals surface area contributed by atoms with Crippen LogP contribution >= 0.6 is 0 Å². The Morgan fingerprint density at radius 1 is 1.15 bits per heavy atom. The molecule has 3 rings (SSSR count). The third kappa shape index (κ3) is 4.27. The Balaban J connectivity index is 1.66. The minimum Gasteiger partial charge on any atom is -0.307 e. The highest BCUT2D eigenvalue weighted by molar-refractivity contribution is 6.00. The Morgan fingerprint density at radius 3 is 2.73 bits per heavy atom. The van der Waals surface area contributed by atoms with Crippen LogP contribution in [0.1, 0.15) is 36.6 Å². The fraction of sp³-hybridized carbons (Fsp3) is 0.250.